The minimum Gasteiger partial charge on any atom is -0.314 e. The van der Waals surface area contributed by atoms with Crippen molar-refractivity contribution in [2.45, 2.75) is 64.1 Å². The summed E-state index contributed by atoms with van der Waals surface area (Å²) in [5.41, 5.74) is 0. The Labute approximate surface area is 96.4 Å². The van der Waals surface area contributed by atoms with Crippen molar-refractivity contribution in [2.75, 3.05) is 0 Å². The van der Waals surface area contributed by atoms with Crippen LogP contribution in [0.2, 0.25) is 0 Å². The highest BCUT2D eigenvalue weighted by molar-refractivity contribution is 5.04. The first-order chi connectivity index (χ1) is 7.84. The molecular formula is C12H20N4. The van der Waals surface area contributed by atoms with Gasteiger partial charge in [-0.25, -0.2) is 0 Å². The maximum absolute atomic E-state index is 4.33. The van der Waals surface area contributed by atoms with Gasteiger partial charge in [-0.3, -0.25) is 0 Å². The summed E-state index contributed by atoms with van der Waals surface area (Å²) in [6.45, 7) is 3.32. The van der Waals surface area contributed by atoms with Crippen molar-refractivity contribution in [1.29, 1.82) is 0 Å². The zero-order chi connectivity index (χ0) is 11.0. The molecule has 1 unspecified atom stereocenters. The van der Waals surface area contributed by atoms with Crippen LogP contribution in [0.25, 0.3) is 0 Å². The van der Waals surface area contributed by atoms with E-state index in [2.05, 4.69) is 27.0 Å². The van der Waals surface area contributed by atoms with Gasteiger partial charge < -0.3 is 9.88 Å². The number of aromatic nitrogens is 3. The first-order valence-electron chi connectivity index (χ1n) is 6.52. The molecule has 1 aliphatic heterocycles. The lowest BCUT2D eigenvalue weighted by molar-refractivity contribution is 0.435. The van der Waals surface area contributed by atoms with E-state index in [1.54, 1.807) is 0 Å². The molecule has 0 amide bonds. The number of nitrogens with zero attached hydrogens (tertiary/aromatic N) is 3. The number of hydrogen-bond donors (Lipinski definition) is 1. The maximum Gasteiger partial charge on any atom is 0.149 e. The predicted molar refractivity (Wildman–Crippen MR) is 62.1 cm³/mol. The number of fused-ring (bicyclic) bond motifs is 1. The molecule has 2 aliphatic rings. The lowest BCUT2D eigenvalue weighted by atomic mass is 10.2. The third kappa shape index (κ3) is 1.75. The molecule has 1 fully saturated rings. The third-order valence-electron chi connectivity index (χ3n) is 3.87. The van der Waals surface area contributed by atoms with Crippen LogP contribution < -0.4 is 5.32 Å². The van der Waals surface area contributed by atoms with Crippen molar-refractivity contribution in [3.63, 3.8) is 0 Å². The summed E-state index contributed by atoms with van der Waals surface area (Å²) in [5, 5.41) is 12.3. The Morgan fingerprint density at radius 1 is 1.25 bits per heavy atom. The van der Waals surface area contributed by atoms with Gasteiger partial charge in [0.05, 0.1) is 6.04 Å². The second-order valence-corrected chi connectivity index (χ2v) is 5.10. The molecule has 4 heteroatoms. The lowest BCUT2D eigenvalue weighted by Crippen LogP contribution is -2.30. The fourth-order valence-corrected chi connectivity index (χ4v) is 3.01. The van der Waals surface area contributed by atoms with Crippen LogP contribution in [0.4, 0.5) is 0 Å². The van der Waals surface area contributed by atoms with Crippen LogP contribution >= 0.6 is 0 Å². The summed E-state index contributed by atoms with van der Waals surface area (Å²) < 4.78 is 2.30. The van der Waals surface area contributed by atoms with Gasteiger partial charge >= 0.3 is 0 Å². The fraction of sp³-hybridized carbons (Fsp3) is 0.833. The van der Waals surface area contributed by atoms with Crippen LogP contribution in [0, 0.1) is 0 Å². The molecule has 0 saturated heterocycles. The number of aryl methyl sites for hydroxylation is 1. The summed E-state index contributed by atoms with van der Waals surface area (Å²) in [7, 11) is 0. The van der Waals surface area contributed by atoms with E-state index in [-0.39, 0.29) is 0 Å². The van der Waals surface area contributed by atoms with Crippen LogP contribution in [-0.2, 0) is 13.0 Å². The third-order valence-corrected chi connectivity index (χ3v) is 3.87. The first kappa shape index (κ1) is 10.3. The molecule has 4 nitrogen and oxygen atoms in total. The van der Waals surface area contributed by atoms with E-state index in [9.17, 15) is 0 Å². The molecule has 88 valence electrons. The van der Waals surface area contributed by atoms with Crippen LogP contribution in [0.5, 0.6) is 0 Å². The molecule has 16 heavy (non-hydrogen) atoms. The Balaban J connectivity index is 1.71. The van der Waals surface area contributed by atoms with E-state index in [1.165, 1.54) is 37.9 Å². The smallest absolute Gasteiger partial charge is 0.149 e. The molecule has 1 aromatic heterocycles. The Bertz CT molecular complexity index is 365. The zero-order valence-corrected chi connectivity index (χ0v) is 9.95. The average molecular weight is 220 g/mol. The van der Waals surface area contributed by atoms with Crippen LogP contribution in [0.3, 0.4) is 0 Å². The molecule has 1 N–H and O–H groups in total. The van der Waals surface area contributed by atoms with Crippen LogP contribution in [-0.4, -0.2) is 20.8 Å². The summed E-state index contributed by atoms with van der Waals surface area (Å²) in [6, 6.07) is 1.05. The van der Waals surface area contributed by atoms with E-state index in [4.69, 9.17) is 0 Å². The van der Waals surface area contributed by atoms with Gasteiger partial charge in [0.25, 0.3) is 0 Å². The Morgan fingerprint density at radius 3 is 2.88 bits per heavy atom. The lowest BCUT2D eigenvalue weighted by Gasteiger charge is -2.18. The van der Waals surface area contributed by atoms with Gasteiger partial charge in [-0.05, 0) is 26.2 Å². The van der Waals surface area contributed by atoms with Crippen molar-refractivity contribution < 1.29 is 0 Å². The summed E-state index contributed by atoms with van der Waals surface area (Å²) >= 11 is 0. The van der Waals surface area contributed by atoms with E-state index >= 15 is 0 Å². The largest absolute Gasteiger partial charge is 0.314 e. The van der Waals surface area contributed by atoms with Crippen LogP contribution in [0.15, 0.2) is 0 Å². The summed E-state index contributed by atoms with van der Waals surface area (Å²) in [4.78, 5) is 0. The van der Waals surface area contributed by atoms with Gasteiger partial charge in [-0.1, -0.05) is 12.8 Å². The zero-order valence-electron chi connectivity index (χ0n) is 9.95. The molecule has 3 rings (SSSR count). The minimum absolute atomic E-state index is 0.349. The van der Waals surface area contributed by atoms with E-state index in [1.807, 2.05) is 0 Å². The summed E-state index contributed by atoms with van der Waals surface area (Å²) in [5.74, 6) is 2.31. The predicted octanol–water partition coefficient (Wildman–Crippen LogP) is 1.82. The normalized spacial score (nSPS) is 22.6. The number of nitrogens with one attached hydrogen (secondary N) is 1. The Hall–Kier alpha value is -0.900. The molecule has 1 atom stereocenters. The molecule has 1 aliphatic carbocycles. The maximum atomic E-state index is 4.33. The van der Waals surface area contributed by atoms with Gasteiger partial charge in [-0.15, -0.1) is 10.2 Å². The number of rotatable bonds is 3. The van der Waals surface area contributed by atoms with E-state index < -0.39 is 0 Å². The topological polar surface area (TPSA) is 42.7 Å². The second-order valence-electron chi connectivity index (χ2n) is 5.10. The molecule has 0 radical (unpaired) electrons. The molecule has 0 aromatic carbocycles. The highest BCUT2D eigenvalue weighted by Gasteiger charge is 2.24. The molecule has 0 bridgehead atoms. The van der Waals surface area contributed by atoms with Gasteiger partial charge in [0, 0.05) is 19.0 Å². The SMILES string of the molecule is CC(NC1CCCC1)c1nnc2n1CCC2. The second kappa shape index (κ2) is 4.17. The quantitative estimate of drug-likeness (QED) is 0.845. The van der Waals surface area contributed by atoms with Crippen molar-refractivity contribution in [2.24, 2.45) is 0 Å². The highest BCUT2D eigenvalue weighted by atomic mass is 15.3. The van der Waals surface area contributed by atoms with E-state index in [0.29, 0.717) is 12.1 Å². The standard InChI is InChI=1S/C12H20N4/c1-9(13-10-5-2-3-6-10)12-15-14-11-7-4-8-16(11)12/h9-10,13H,2-8H2,1H3. The Morgan fingerprint density at radius 2 is 2.06 bits per heavy atom. The molecular weight excluding hydrogens is 200 g/mol. The fourth-order valence-electron chi connectivity index (χ4n) is 3.01. The molecule has 1 aromatic rings. The monoisotopic (exact) mass is 220 g/mol. The van der Waals surface area contributed by atoms with Crippen molar-refractivity contribution >= 4 is 0 Å². The van der Waals surface area contributed by atoms with Gasteiger partial charge in [0.2, 0.25) is 0 Å². The van der Waals surface area contributed by atoms with Crippen molar-refractivity contribution in [1.82, 2.24) is 20.1 Å². The van der Waals surface area contributed by atoms with Crippen molar-refractivity contribution in [3.05, 3.63) is 11.6 Å². The molecule has 0 spiro atoms. The summed E-state index contributed by atoms with van der Waals surface area (Å²) in [6.07, 6.45) is 7.73. The molecule has 1 saturated carbocycles. The number of hydrogen-bond acceptors (Lipinski definition) is 3. The van der Waals surface area contributed by atoms with E-state index in [0.717, 1.165) is 18.8 Å². The van der Waals surface area contributed by atoms with Crippen molar-refractivity contribution in [3.8, 4) is 0 Å². The van der Waals surface area contributed by atoms with Gasteiger partial charge in [0.1, 0.15) is 11.6 Å². The highest BCUT2D eigenvalue weighted by Crippen LogP contribution is 2.23. The first-order valence-corrected chi connectivity index (χ1v) is 6.52. The Kier molecular flexibility index (Phi) is 2.67. The van der Waals surface area contributed by atoms with Crippen LogP contribution in [0.1, 0.15) is 56.7 Å². The van der Waals surface area contributed by atoms with Gasteiger partial charge in [-0.2, -0.15) is 0 Å². The minimum atomic E-state index is 0.349. The molecule has 2 heterocycles. The van der Waals surface area contributed by atoms with Gasteiger partial charge in [0.15, 0.2) is 0 Å². The average Bonchev–Trinajstić information content (AvgIpc) is 2.92.